The summed E-state index contributed by atoms with van der Waals surface area (Å²) in [5, 5.41) is 3.24. The Morgan fingerprint density at radius 2 is 2.10 bits per heavy atom. The zero-order chi connectivity index (χ0) is 14.1. The number of halogens is 1. The van der Waals surface area contributed by atoms with E-state index in [9.17, 15) is 4.79 Å². The first-order valence-electron chi connectivity index (χ1n) is 6.17. The van der Waals surface area contributed by atoms with E-state index in [1.54, 1.807) is 16.2 Å². The van der Waals surface area contributed by atoms with Gasteiger partial charge in [-0.1, -0.05) is 0 Å². The van der Waals surface area contributed by atoms with Gasteiger partial charge in [-0.15, -0.1) is 11.3 Å². The van der Waals surface area contributed by atoms with E-state index in [1.165, 1.54) is 7.11 Å². The molecule has 1 aliphatic heterocycles. The molecule has 1 aliphatic rings. The standard InChI is InChI=1S/C12H13ClN4O2S/c1-19-12(18)17-5-3-16(4-6-17)9-8-2-7-20-10(8)15-11(13)14-9/h2,7H,3-6H2,1H3. The zero-order valence-electron chi connectivity index (χ0n) is 10.9. The molecule has 0 unspecified atom stereocenters. The lowest BCUT2D eigenvalue weighted by molar-refractivity contribution is 0.121. The molecule has 2 aromatic rings. The van der Waals surface area contributed by atoms with Crippen molar-refractivity contribution in [3.63, 3.8) is 0 Å². The molecule has 2 aromatic heterocycles. The number of amides is 1. The van der Waals surface area contributed by atoms with E-state index < -0.39 is 0 Å². The molecule has 3 rings (SSSR count). The summed E-state index contributed by atoms with van der Waals surface area (Å²) in [5.41, 5.74) is 0. The van der Waals surface area contributed by atoms with Crippen molar-refractivity contribution in [2.24, 2.45) is 0 Å². The van der Waals surface area contributed by atoms with Crippen LogP contribution in [0.15, 0.2) is 11.4 Å². The van der Waals surface area contributed by atoms with Crippen LogP contribution in [0, 0.1) is 0 Å². The summed E-state index contributed by atoms with van der Waals surface area (Å²) in [5.74, 6) is 0.839. The molecule has 1 fully saturated rings. The third kappa shape index (κ3) is 2.38. The lowest BCUT2D eigenvalue weighted by Crippen LogP contribution is -2.49. The topological polar surface area (TPSA) is 58.6 Å². The fraction of sp³-hybridized carbons (Fsp3) is 0.417. The summed E-state index contributed by atoms with van der Waals surface area (Å²) < 4.78 is 4.73. The fourth-order valence-corrected chi connectivity index (χ4v) is 3.26. The number of hydrogen-bond donors (Lipinski definition) is 0. The predicted molar refractivity (Wildman–Crippen MR) is 78.6 cm³/mol. The molecule has 106 valence electrons. The van der Waals surface area contributed by atoms with Crippen LogP contribution in [-0.4, -0.2) is 54.2 Å². The number of fused-ring (bicyclic) bond motifs is 1. The van der Waals surface area contributed by atoms with Gasteiger partial charge >= 0.3 is 6.09 Å². The van der Waals surface area contributed by atoms with Gasteiger partial charge in [-0.3, -0.25) is 0 Å². The summed E-state index contributed by atoms with van der Waals surface area (Å²) in [6, 6.07) is 2.00. The lowest BCUT2D eigenvalue weighted by Gasteiger charge is -2.34. The van der Waals surface area contributed by atoms with Gasteiger partial charge in [0.1, 0.15) is 10.6 Å². The van der Waals surface area contributed by atoms with Gasteiger partial charge < -0.3 is 14.5 Å². The Hall–Kier alpha value is -1.60. The van der Waals surface area contributed by atoms with Crippen molar-refractivity contribution < 1.29 is 9.53 Å². The SMILES string of the molecule is COC(=O)N1CCN(c2nc(Cl)nc3sccc23)CC1. The van der Waals surface area contributed by atoms with Gasteiger partial charge in [-0.05, 0) is 23.0 Å². The number of thiophene rings is 1. The lowest BCUT2D eigenvalue weighted by atomic mass is 10.3. The molecule has 0 spiro atoms. The molecule has 1 saturated heterocycles. The number of ether oxygens (including phenoxy) is 1. The van der Waals surface area contributed by atoms with Crippen LogP contribution in [0.4, 0.5) is 10.6 Å². The maximum atomic E-state index is 11.5. The minimum Gasteiger partial charge on any atom is -0.453 e. The van der Waals surface area contributed by atoms with Crippen LogP contribution in [0.1, 0.15) is 0 Å². The second-order valence-corrected chi connectivity index (χ2v) is 5.63. The van der Waals surface area contributed by atoms with Crippen LogP contribution in [-0.2, 0) is 4.74 Å². The average molecular weight is 313 g/mol. The summed E-state index contributed by atoms with van der Waals surface area (Å²) in [6.07, 6.45) is -0.286. The quantitative estimate of drug-likeness (QED) is 0.756. The van der Waals surface area contributed by atoms with Crippen LogP contribution in [0.3, 0.4) is 0 Å². The van der Waals surface area contributed by atoms with Crippen LogP contribution in [0.2, 0.25) is 5.28 Å². The number of nitrogens with zero attached hydrogens (tertiary/aromatic N) is 4. The highest BCUT2D eigenvalue weighted by Crippen LogP contribution is 2.29. The number of methoxy groups -OCH3 is 1. The molecule has 0 atom stereocenters. The molecule has 20 heavy (non-hydrogen) atoms. The number of rotatable bonds is 1. The molecule has 0 saturated carbocycles. The van der Waals surface area contributed by atoms with Crippen LogP contribution < -0.4 is 4.90 Å². The van der Waals surface area contributed by atoms with Gasteiger partial charge in [-0.25, -0.2) is 9.78 Å². The van der Waals surface area contributed by atoms with Crippen LogP contribution in [0.25, 0.3) is 10.2 Å². The van der Waals surface area contributed by atoms with Gasteiger partial charge in [0.05, 0.1) is 12.5 Å². The Kier molecular flexibility index (Phi) is 3.62. The van der Waals surface area contributed by atoms with E-state index in [0.29, 0.717) is 26.2 Å². The Labute approximate surface area is 124 Å². The molecule has 0 aromatic carbocycles. The van der Waals surface area contributed by atoms with Gasteiger partial charge in [0, 0.05) is 26.2 Å². The molecule has 8 heteroatoms. The molecule has 1 amide bonds. The third-order valence-corrected chi connectivity index (χ3v) is 4.27. The first kappa shape index (κ1) is 13.4. The fourth-order valence-electron chi connectivity index (χ4n) is 2.29. The van der Waals surface area contributed by atoms with Crippen LogP contribution >= 0.6 is 22.9 Å². The molecular formula is C12H13ClN4O2S. The van der Waals surface area contributed by atoms with Crippen molar-refractivity contribution in [1.29, 1.82) is 0 Å². The molecule has 3 heterocycles. The number of hydrogen-bond acceptors (Lipinski definition) is 6. The van der Waals surface area contributed by atoms with Gasteiger partial charge in [0.15, 0.2) is 0 Å². The monoisotopic (exact) mass is 312 g/mol. The number of aromatic nitrogens is 2. The number of anilines is 1. The number of carbonyl (C=O) groups excluding carboxylic acids is 1. The highest BCUT2D eigenvalue weighted by Gasteiger charge is 2.24. The predicted octanol–water partition coefficient (Wildman–Crippen LogP) is 2.23. The Balaban J connectivity index is 1.83. The molecule has 0 bridgehead atoms. The molecular weight excluding hydrogens is 300 g/mol. The highest BCUT2D eigenvalue weighted by atomic mass is 35.5. The van der Waals surface area contributed by atoms with Crippen molar-refractivity contribution in [2.45, 2.75) is 0 Å². The maximum absolute atomic E-state index is 11.5. The van der Waals surface area contributed by atoms with E-state index in [0.717, 1.165) is 16.0 Å². The van der Waals surface area contributed by atoms with Crippen molar-refractivity contribution in [2.75, 3.05) is 38.2 Å². The largest absolute Gasteiger partial charge is 0.453 e. The van der Waals surface area contributed by atoms with Crippen molar-refractivity contribution in [3.8, 4) is 0 Å². The van der Waals surface area contributed by atoms with E-state index in [1.807, 2.05) is 11.4 Å². The summed E-state index contributed by atoms with van der Waals surface area (Å²) in [7, 11) is 1.40. The molecule has 6 nitrogen and oxygen atoms in total. The van der Waals surface area contributed by atoms with Crippen molar-refractivity contribution in [3.05, 3.63) is 16.7 Å². The minimum atomic E-state index is -0.286. The minimum absolute atomic E-state index is 0.255. The van der Waals surface area contributed by atoms with Crippen LogP contribution in [0.5, 0.6) is 0 Å². The number of carbonyl (C=O) groups is 1. The number of piperazine rings is 1. The second kappa shape index (κ2) is 5.41. The zero-order valence-corrected chi connectivity index (χ0v) is 12.4. The smallest absolute Gasteiger partial charge is 0.409 e. The third-order valence-electron chi connectivity index (χ3n) is 3.29. The Morgan fingerprint density at radius 1 is 1.35 bits per heavy atom. The maximum Gasteiger partial charge on any atom is 0.409 e. The Morgan fingerprint density at radius 3 is 2.80 bits per heavy atom. The first-order valence-corrected chi connectivity index (χ1v) is 7.43. The normalized spacial score (nSPS) is 15.7. The van der Waals surface area contributed by atoms with E-state index >= 15 is 0 Å². The summed E-state index contributed by atoms with van der Waals surface area (Å²) in [6.45, 7) is 2.63. The van der Waals surface area contributed by atoms with Gasteiger partial charge in [0.25, 0.3) is 0 Å². The average Bonchev–Trinajstić information content (AvgIpc) is 2.94. The first-order chi connectivity index (χ1) is 9.69. The van der Waals surface area contributed by atoms with E-state index in [2.05, 4.69) is 14.9 Å². The Bertz CT molecular complexity index is 639. The molecule has 0 N–H and O–H groups in total. The van der Waals surface area contributed by atoms with Crippen molar-refractivity contribution >= 4 is 45.1 Å². The summed E-state index contributed by atoms with van der Waals surface area (Å²) >= 11 is 7.52. The van der Waals surface area contributed by atoms with Gasteiger partial charge in [-0.2, -0.15) is 4.98 Å². The van der Waals surface area contributed by atoms with E-state index in [-0.39, 0.29) is 11.4 Å². The highest BCUT2D eigenvalue weighted by molar-refractivity contribution is 7.16. The van der Waals surface area contributed by atoms with Crippen molar-refractivity contribution in [1.82, 2.24) is 14.9 Å². The summed E-state index contributed by atoms with van der Waals surface area (Å²) in [4.78, 5) is 24.7. The second-order valence-electron chi connectivity index (χ2n) is 4.40. The van der Waals surface area contributed by atoms with Gasteiger partial charge in [0.2, 0.25) is 5.28 Å². The van der Waals surface area contributed by atoms with E-state index in [4.69, 9.17) is 16.3 Å². The molecule has 0 aliphatic carbocycles. The molecule has 0 radical (unpaired) electrons.